The molecule has 0 amide bonds. The predicted molar refractivity (Wildman–Crippen MR) is 60.0 cm³/mol. The van der Waals surface area contributed by atoms with Gasteiger partial charge in [0.2, 0.25) is 5.88 Å². The first kappa shape index (κ1) is 11.7. The first-order chi connectivity index (χ1) is 7.99. The van der Waals surface area contributed by atoms with Crippen LogP contribution >= 0.6 is 23.2 Å². The number of carbonyl (C=O) groups is 1. The van der Waals surface area contributed by atoms with Crippen LogP contribution in [-0.2, 0) is 0 Å². The molecule has 0 saturated carbocycles. The lowest BCUT2D eigenvalue weighted by molar-refractivity contribution is 0.0690. The normalized spacial score (nSPS) is 10.5. The molecule has 2 aromatic rings. The maximum atomic E-state index is 10.7. The molecule has 0 atom stereocenters. The number of aromatic hydroxyl groups is 1. The molecule has 0 unspecified atom stereocenters. The number of hydrogen-bond acceptors (Lipinski definition) is 4. The summed E-state index contributed by atoms with van der Waals surface area (Å²) < 4.78 is 0.919. The number of hydrogen-bond donors (Lipinski definition) is 2. The SMILES string of the molecule is O=C(O)c1cc(O)n(-c2ncc(Cl)cc2Cl)n1. The molecule has 0 aromatic carbocycles. The maximum absolute atomic E-state index is 10.7. The number of aromatic carboxylic acids is 1. The summed E-state index contributed by atoms with van der Waals surface area (Å²) in [4.78, 5) is 14.5. The highest BCUT2D eigenvalue weighted by Gasteiger charge is 2.16. The molecule has 88 valence electrons. The smallest absolute Gasteiger partial charge is 0.356 e. The molecule has 0 aliphatic heterocycles. The molecule has 17 heavy (non-hydrogen) atoms. The third-order valence-electron chi connectivity index (χ3n) is 1.90. The molecule has 0 aliphatic carbocycles. The second-order valence-electron chi connectivity index (χ2n) is 3.06. The van der Waals surface area contributed by atoms with Crippen LogP contribution in [0.4, 0.5) is 0 Å². The average Bonchev–Trinajstić information content (AvgIpc) is 2.61. The molecular formula is C9H5Cl2N3O3. The van der Waals surface area contributed by atoms with E-state index in [4.69, 9.17) is 28.3 Å². The Labute approximate surface area is 105 Å². The van der Waals surface area contributed by atoms with Gasteiger partial charge in [0.15, 0.2) is 11.5 Å². The molecule has 2 heterocycles. The van der Waals surface area contributed by atoms with Crippen molar-refractivity contribution in [3.05, 3.63) is 34.1 Å². The van der Waals surface area contributed by atoms with Crippen molar-refractivity contribution < 1.29 is 15.0 Å². The van der Waals surface area contributed by atoms with Crippen LogP contribution in [0, 0.1) is 0 Å². The Morgan fingerprint density at radius 2 is 2.06 bits per heavy atom. The van der Waals surface area contributed by atoms with Crippen LogP contribution in [0.25, 0.3) is 5.82 Å². The molecule has 2 rings (SSSR count). The zero-order valence-corrected chi connectivity index (χ0v) is 9.64. The summed E-state index contributed by atoms with van der Waals surface area (Å²) in [6.45, 7) is 0. The van der Waals surface area contributed by atoms with Gasteiger partial charge in [-0.05, 0) is 6.07 Å². The van der Waals surface area contributed by atoms with E-state index in [1.807, 2.05) is 0 Å². The Morgan fingerprint density at radius 3 is 2.59 bits per heavy atom. The van der Waals surface area contributed by atoms with E-state index in [1.54, 1.807) is 0 Å². The van der Waals surface area contributed by atoms with Gasteiger partial charge in [-0.25, -0.2) is 9.78 Å². The Bertz CT molecular complexity index is 597. The van der Waals surface area contributed by atoms with E-state index < -0.39 is 5.97 Å². The molecule has 2 N–H and O–H groups in total. The van der Waals surface area contributed by atoms with Gasteiger partial charge in [0, 0.05) is 12.3 Å². The molecule has 0 bridgehead atoms. The molecule has 0 spiro atoms. The topological polar surface area (TPSA) is 88.2 Å². The van der Waals surface area contributed by atoms with Crippen LogP contribution in [0.15, 0.2) is 18.3 Å². The van der Waals surface area contributed by atoms with Crippen LogP contribution in [0.5, 0.6) is 5.88 Å². The molecule has 0 radical (unpaired) electrons. The van der Waals surface area contributed by atoms with Crippen LogP contribution in [-0.4, -0.2) is 30.9 Å². The minimum Gasteiger partial charge on any atom is -0.493 e. The molecule has 0 fully saturated rings. The Hall–Kier alpha value is -1.79. The van der Waals surface area contributed by atoms with Crippen molar-refractivity contribution in [1.29, 1.82) is 0 Å². The molecule has 0 saturated heterocycles. The summed E-state index contributed by atoms with van der Waals surface area (Å²) in [6.07, 6.45) is 1.31. The number of rotatable bonds is 2. The van der Waals surface area contributed by atoms with E-state index in [0.717, 1.165) is 10.7 Å². The van der Waals surface area contributed by atoms with Crippen molar-refractivity contribution in [2.45, 2.75) is 0 Å². The van der Waals surface area contributed by atoms with Crippen molar-refractivity contribution >= 4 is 29.2 Å². The summed E-state index contributed by atoms with van der Waals surface area (Å²) in [5, 5.41) is 22.4. The van der Waals surface area contributed by atoms with E-state index in [1.165, 1.54) is 12.3 Å². The van der Waals surface area contributed by atoms with Gasteiger partial charge in [0.05, 0.1) is 10.0 Å². The fourth-order valence-corrected chi connectivity index (χ4v) is 1.65. The Kier molecular flexibility index (Phi) is 2.91. The van der Waals surface area contributed by atoms with Crippen molar-refractivity contribution in [1.82, 2.24) is 14.8 Å². The summed E-state index contributed by atoms with van der Waals surface area (Å²) >= 11 is 11.5. The standard InChI is InChI=1S/C9H5Cl2N3O3/c10-4-1-5(11)8(12-3-4)14-7(15)2-6(13-14)9(16)17/h1-3,15H,(H,16,17). The van der Waals surface area contributed by atoms with Gasteiger partial charge in [0.25, 0.3) is 0 Å². The first-order valence-corrected chi connectivity index (χ1v) is 5.08. The fraction of sp³-hybridized carbons (Fsp3) is 0. The van der Waals surface area contributed by atoms with Gasteiger partial charge in [-0.3, -0.25) is 0 Å². The molecule has 2 aromatic heterocycles. The van der Waals surface area contributed by atoms with Crippen LogP contribution in [0.2, 0.25) is 10.0 Å². The zero-order chi connectivity index (χ0) is 12.6. The lowest BCUT2D eigenvalue weighted by Crippen LogP contribution is -2.03. The van der Waals surface area contributed by atoms with Gasteiger partial charge in [-0.15, -0.1) is 0 Å². The molecule has 8 heteroatoms. The van der Waals surface area contributed by atoms with Gasteiger partial charge < -0.3 is 10.2 Å². The van der Waals surface area contributed by atoms with Crippen LogP contribution in [0.3, 0.4) is 0 Å². The Morgan fingerprint density at radius 1 is 1.35 bits per heavy atom. The van der Waals surface area contributed by atoms with Gasteiger partial charge >= 0.3 is 5.97 Å². The van der Waals surface area contributed by atoms with E-state index >= 15 is 0 Å². The summed E-state index contributed by atoms with van der Waals surface area (Å²) in [7, 11) is 0. The van der Waals surface area contributed by atoms with Crippen LogP contribution < -0.4 is 0 Å². The number of carboxylic acid groups (broad SMARTS) is 1. The molecule has 6 nitrogen and oxygen atoms in total. The van der Waals surface area contributed by atoms with Gasteiger partial charge in [0.1, 0.15) is 0 Å². The number of nitrogens with zero attached hydrogens (tertiary/aromatic N) is 3. The minimum atomic E-state index is -1.26. The highest BCUT2D eigenvalue weighted by atomic mass is 35.5. The van der Waals surface area contributed by atoms with E-state index in [2.05, 4.69) is 10.1 Å². The monoisotopic (exact) mass is 273 g/mol. The van der Waals surface area contributed by atoms with Crippen molar-refractivity contribution in [2.75, 3.05) is 0 Å². The van der Waals surface area contributed by atoms with Gasteiger partial charge in [-0.2, -0.15) is 9.78 Å². The molecular weight excluding hydrogens is 269 g/mol. The predicted octanol–water partition coefficient (Wildman–Crippen LogP) is 1.98. The average molecular weight is 274 g/mol. The fourth-order valence-electron chi connectivity index (χ4n) is 1.19. The second-order valence-corrected chi connectivity index (χ2v) is 3.91. The molecule has 0 aliphatic rings. The minimum absolute atomic E-state index is 0.0982. The van der Waals surface area contributed by atoms with E-state index in [0.29, 0.717) is 5.02 Å². The summed E-state index contributed by atoms with van der Waals surface area (Å²) in [5.74, 6) is -1.54. The van der Waals surface area contributed by atoms with Crippen molar-refractivity contribution in [3.8, 4) is 11.7 Å². The number of halogens is 2. The second kappa shape index (κ2) is 4.23. The maximum Gasteiger partial charge on any atom is 0.356 e. The quantitative estimate of drug-likeness (QED) is 0.874. The highest BCUT2D eigenvalue weighted by molar-refractivity contribution is 6.35. The first-order valence-electron chi connectivity index (χ1n) is 4.33. The van der Waals surface area contributed by atoms with E-state index in [-0.39, 0.29) is 22.4 Å². The Balaban J connectivity index is 2.56. The lowest BCUT2D eigenvalue weighted by Gasteiger charge is -2.03. The number of carboxylic acids is 1. The summed E-state index contributed by atoms with van der Waals surface area (Å²) in [5.41, 5.74) is -0.310. The summed E-state index contributed by atoms with van der Waals surface area (Å²) in [6, 6.07) is 2.40. The number of pyridine rings is 1. The van der Waals surface area contributed by atoms with Crippen molar-refractivity contribution in [2.24, 2.45) is 0 Å². The zero-order valence-electron chi connectivity index (χ0n) is 8.13. The third-order valence-corrected chi connectivity index (χ3v) is 2.38. The van der Waals surface area contributed by atoms with Crippen LogP contribution in [0.1, 0.15) is 10.5 Å². The van der Waals surface area contributed by atoms with E-state index in [9.17, 15) is 9.90 Å². The number of aromatic nitrogens is 3. The van der Waals surface area contributed by atoms with Crippen molar-refractivity contribution in [3.63, 3.8) is 0 Å². The lowest BCUT2D eigenvalue weighted by atomic mass is 10.4. The third kappa shape index (κ3) is 2.17. The van der Waals surface area contributed by atoms with Gasteiger partial charge in [-0.1, -0.05) is 23.2 Å². The largest absolute Gasteiger partial charge is 0.493 e. The highest BCUT2D eigenvalue weighted by Crippen LogP contribution is 2.25.